The summed E-state index contributed by atoms with van der Waals surface area (Å²) >= 11 is 0. The number of hydrogen-bond acceptors (Lipinski definition) is 3. The molecule has 1 aromatic rings. The molecular weight excluding hydrogens is 248 g/mol. The van der Waals surface area contributed by atoms with Gasteiger partial charge >= 0.3 is 0 Å². The van der Waals surface area contributed by atoms with Gasteiger partial charge in [0.05, 0.1) is 6.10 Å². The smallest absolute Gasteiger partial charge is 0.0655 e. The fourth-order valence-electron chi connectivity index (χ4n) is 3.03. The Hall–Kier alpha value is -1.06. The Morgan fingerprint density at radius 1 is 1.35 bits per heavy atom. The number of nitrogens with two attached hydrogens (primary N) is 1. The van der Waals surface area contributed by atoms with Crippen LogP contribution in [0.25, 0.3) is 0 Å². The van der Waals surface area contributed by atoms with E-state index in [1.54, 1.807) is 0 Å². The average molecular weight is 276 g/mol. The maximum absolute atomic E-state index is 5.96. The van der Waals surface area contributed by atoms with Gasteiger partial charge < -0.3 is 15.8 Å². The molecule has 0 radical (unpaired) electrons. The summed E-state index contributed by atoms with van der Waals surface area (Å²) in [6.07, 6.45) is 3.71. The van der Waals surface area contributed by atoms with Crippen LogP contribution in [0.15, 0.2) is 24.3 Å². The SMILES string of the molecule is CCOC1CC(NCCCc2ccccc2N)C1(C)C. The lowest BCUT2D eigenvalue weighted by Crippen LogP contribution is -2.61. The van der Waals surface area contributed by atoms with Gasteiger partial charge in [-0.2, -0.15) is 0 Å². The first kappa shape index (κ1) is 15.3. The molecule has 1 aromatic carbocycles. The predicted molar refractivity (Wildman–Crippen MR) is 84.8 cm³/mol. The highest BCUT2D eigenvalue weighted by molar-refractivity contribution is 5.46. The number of aryl methyl sites for hydroxylation is 1. The van der Waals surface area contributed by atoms with E-state index in [4.69, 9.17) is 10.5 Å². The van der Waals surface area contributed by atoms with Crippen LogP contribution < -0.4 is 11.1 Å². The van der Waals surface area contributed by atoms with Crippen molar-refractivity contribution in [2.45, 2.75) is 52.2 Å². The van der Waals surface area contributed by atoms with Gasteiger partial charge in [-0.1, -0.05) is 32.0 Å². The standard InChI is InChI=1S/C17H28N2O/c1-4-20-16-12-15(17(16,2)3)19-11-7-9-13-8-5-6-10-14(13)18/h5-6,8,10,15-16,19H,4,7,9,11-12,18H2,1-3H3. The molecular formula is C17H28N2O. The Balaban J connectivity index is 1.69. The zero-order valence-electron chi connectivity index (χ0n) is 13.0. The minimum atomic E-state index is 0.252. The summed E-state index contributed by atoms with van der Waals surface area (Å²) in [5.74, 6) is 0. The van der Waals surface area contributed by atoms with E-state index in [0.717, 1.165) is 38.1 Å². The van der Waals surface area contributed by atoms with Crippen LogP contribution in [0.3, 0.4) is 0 Å². The summed E-state index contributed by atoms with van der Waals surface area (Å²) in [7, 11) is 0. The van der Waals surface area contributed by atoms with Crippen molar-refractivity contribution >= 4 is 5.69 Å². The highest BCUT2D eigenvalue weighted by Gasteiger charge is 2.48. The van der Waals surface area contributed by atoms with Gasteiger partial charge in [0.2, 0.25) is 0 Å². The van der Waals surface area contributed by atoms with Crippen LogP contribution >= 0.6 is 0 Å². The van der Waals surface area contributed by atoms with Gasteiger partial charge in [-0.05, 0) is 44.4 Å². The first-order valence-corrected chi connectivity index (χ1v) is 7.74. The van der Waals surface area contributed by atoms with E-state index < -0.39 is 0 Å². The van der Waals surface area contributed by atoms with Crippen molar-refractivity contribution in [3.05, 3.63) is 29.8 Å². The molecule has 0 aliphatic heterocycles. The molecule has 3 N–H and O–H groups in total. The van der Waals surface area contributed by atoms with E-state index in [2.05, 4.69) is 38.2 Å². The number of nitrogen functional groups attached to an aromatic ring is 1. The Kier molecular flexibility index (Phi) is 5.06. The fourth-order valence-corrected chi connectivity index (χ4v) is 3.03. The normalized spacial score (nSPS) is 24.4. The third-order valence-corrected chi connectivity index (χ3v) is 4.61. The van der Waals surface area contributed by atoms with Crippen molar-refractivity contribution in [2.24, 2.45) is 5.41 Å². The summed E-state index contributed by atoms with van der Waals surface area (Å²) in [6, 6.07) is 8.72. The molecule has 20 heavy (non-hydrogen) atoms. The van der Waals surface area contributed by atoms with Crippen molar-refractivity contribution in [3.63, 3.8) is 0 Å². The summed E-state index contributed by atoms with van der Waals surface area (Å²) in [5, 5.41) is 3.67. The molecule has 1 saturated carbocycles. The largest absolute Gasteiger partial charge is 0.399 e. The average Bonchev–Trinajstić information content (AvgIpc) is 2.43. The summed E-state index contributed by atoms with van der Waals surface area (Å²) < 4.78 is 5.76. The van der Waals surface area contributed by atoms with Crippen molar-refractivity contribution in [2.75, 3.05) is 18.9 Å². The Morgan fingerprint density at radius 3 is 2.75 bits per heavy atom. The lowest BCUT2D eigenvalue weighted by molar-refractivity contribution is -0.113. The second-order valence-corrected chi connectivity index (χ2v) is 6.31. The van der Waals surface area contributed by atoms with Gasteiger partial charge in [-0.25, -0.2) is 0 Å². The third-order valence-electron chi connectivity index (χ3n) is 4.61. The lowest BCUT2D eigenvalue weighted by atomic mass is 9.64. The predicted octanol–water partition coefficient (Wildman–Crippen LogP) is 2.99. The highest BCUT2D eigenvalue weighted by Crippen LogP contribution is 2.42. The van der Waals surface area contributed by atoms with Crippen LogP contribution in [0, 0.1) is 5.41 Å². The first-order valence-electron chi connectivity index (χ1n) is 7.74. The van der Waals surface area contributed by atoms with Crippen molar-refractivity contribution in [1.82, 2.24) is 5.32 Å². The summed E-state index contributed by atoms with van der Waals surface area (Å²) in [4.78, 5) is 0. The number of benzene rings is 1. The Labute approximate surface area is 122 Å². The number of anilines is 1. The molecule has 1 aliphatic rings. The summed E-state index contributed by atoms with van der Waals surface area (Å²) in [5.41, 5.74) is 8.38. The number of hydrogen-bond donors (Lipinski definition) is 2. The van der Waals surface area contributed by atoms with Crippen LogP contribution in [-0.2, 0) is 11.2 Å². The second-order valence-electron chi connectivity index (χ2n) is 6.31. The quantitative estimate of drug-likeness (QED) is 0.594. The van der Waals surface area contributed by atoms with E-state index in [1.807, 2.05) is 12.1 Å². The molecule has 0 amide bonds. The Bertz CT molecular complexity index is 431. The third kappa shape index (κ3) is 3.33. The minimum Gasteiger partial charge on any atom is -0.399 e. The number of nitrogens with one attached hydrogen (secondary N) is 1. The summed E-state index contributed by atoms with van der Waals surface area (Å²) in [6.45, 7) is 8.52. The van der Waals surface area contributed by atoms with Gasteiger partial charge in [-0.3, -0.25) is 0 Å². The van der Waals surface area contributed by atoms with Crippen molar-refractivity contribution < 1.29 is 4.74 Å². The van der Waals surface area contributed by atoms with Crippen LogP contribution in [0.2, 0.25) is 0 Å². The van der Waals surface area contributed by atoms with Crippen molar-refractivity contribution in [1.29, 1.82) is 0 Å². The molecule has 2 unspecified atom stereocenters. The van der Waals surface area contributed by atoms with Crippen molar-refractivity contribution in [3.8, 4) is 0 Å². The number of para-hydroxylation sites is 1. The van der Waals surface area contributed by atoms with E-state index >= 15 is 0 Å². The van der Waals surface area contributed by atoms with Gasteiger partial charge in [0.25, 0.3) is 0 Å². The lowest BCUT2D eigenvalue weighted by Gasteiger charge is -2.52. The highest BCUT2D eigenvalue weighted by atomic mass is 16.5. The van der Waals surface area contributed by atoms with Gasteiger partial charge in [0.1, 0.15) is 0 Å². The molecule has 3 heteroatoms. The van der Waals surface area contributed by atoms with Crippen LogP contribution in [0.4, 0.5) is 5.69 Å². The molecule has 3 nitrogen and oxygen atoms in total. The zero-order valence-corrected chi connectivity index (χ0v) is 13.0. The molecule has 0 aromatic heterocycles. The zero-order chi connectivity index (χ0) is 14.6. The molecule has 2 atom stereocenters. The second kappa shape index (κ2) is 6.59. The number of rotatable bonds is 7. The van der Waals surface area contributed by atoms with Gasteiger partial charge in [0.15, 0.2) is 0 Å². The molecule has 112 valence electrons. The van der Waals surface area contributed by atoms with Gasteiger partial charge in [-0.15, -0.1) is 0 Å². The molecule has 1 fully saturated rings. The van der Waals surface area contributed by atoms with Crippen LogP contribution in [0.5, 0.6) is 0 Å². The van der Waals surface area contributed by atoms with E-state index in [-0.39, 0.29) is 5.41 Å². The molecule has 1 aliphatic carbocycles. The molecule has 0 heterocycles. The molecule has 0 saturated heterocycles. The number of ether oxygens (including phenoxy) is 1. The van der Waals surface area contributed by atoms with Crippen LogP contribution in [-0.4, -0.2) is 25.3 Å². The Morgan fingerprint density at radius 2 is 2.10 bits per heavy atom. The maximum atomic E-state index is 5.96. The molecule has 0 bridgehead atoms. The molecule has 0 spiro atoms. The van der Waals surface area contributed by atoms with E-state index in [0.29, 0.717) is 12.1 Å². The minimum absolute atomic E-state index is 0.252. The molecule has 2 rings (SSSR count). The fraction of sp³-hybridized carbons (Fsp3) is 0.647. The van der Waals surface area contributed by atoms with Gasteiger partial charge in [0, 0.05) is 23.8 Å². The van der Waals surface area contributed by atoms with E-state index in [9.17, 15) is 0 Å². The first-order chi connectivity index (χ1) is 9.55. The monoisotopic (exact) mass is 276 g/mol. The van der Waals surface area contributed by atoms with Crippen LogP contribution in [0.1, 0.15) is 39.2 Å². The van der Waals surface area contributed by atoms with E-state index in [1.165, 1.54) is 5.56 Å². The topological polar surface area (TPSA) is 47.3 Å². The maximum Gasteiger partial charge on any atom is 0.0655 e.